The number of aromatic nitrogens is 3. The van der Waals surface area contributed by atoms with Gasteiger partial charge in [0.25, 0.3) is 0 Å². The third-order valence-corrected chi connectivity index (χ3v) is 3.66. The summed E-state index contributed by atoms with van der Waals surface area (Å²) < 4.78 is 0. The van der Waals surface area contributed by atoms with Gasteiger partial charge >= 0.3 is 0 Å². The van der Waals surface area contributed by atoms with Crippen molar-refractivity contribution in [3.63, 3.8) is 0 Å². The predicted molar refractivity (Wildman–Crippen MR) is 69.1 cm³/mol. The van der Waals surface area contributed by atoms with Gasteiger partial charge in [0.2, 0.25) is 0 Å². The predicted octanol–water partition coefficient (Wildman–Crippen LogP) is 1.86. The maximum absolute atomic E-state index is 4.55. The van der Waals surface area contributed by atoms with Gasteiger partial charge in [-0.3, -0.25) is 4.98 Å². The van der Waals surface area contributed by atoms with E-state index in [0.717, 1.165) is 18.4 Å². The van der Waals surface area contributed by atoms with Crippen LogP contribution in [0.5, 0.6) is 0 Å². The lowest BCUT2D eigenvalue weighted by Crippen LogP contribution is -2.23. The van der Waals surface area contributed by atoms with E-state index in [4.69, 9.17) is 0 Å². The van der Waals surface area contributed by atoms with Gasteiger partial charge in [-0.2, -0.15) is 0 Å². The van der Waals surface area contributed by atoms with Crippen LogP contribution in [0.15, 0.2) is 37.1 Å². The average Bonchev–Trinajstić information content (AvgIpc) is 2.85. The summed E-state index contributed by atoms with van der Waals surface area (Å²) in [6, 6.07) is 4.43. The number of nitrogens with zero attached hydrogens (tertiary/aromatic N) is 3. The molecule has 0 saturated heterocycles. The molecule has 0 aliphatic heterocycles. The molecule has 0 amide bonds. The largest absolute Gasteiger partial charge is 0.312 e. The van der Waals surface area contributed by atoms with Crippen LogP contribution < -0.4 is 5.32 Å². The summed E-state index contributed by atoms with van der Waals surface area (Å²) in [5.74, 6) is 0.414. The highest BCUT2D eigenvalue weighted by Crippen LogP contribution is 2.39. The Morgan fingerprint density at radius 1 is 1.33 bits per heavy atom. The van der Waals surface area contributed by atoms with E-state index in [-0.39, 0.29) is 6.04 Å². The van der Waals surface area contributed by atoms with Crippen molar-refractivity contribution in [3.05, 3.63) is 53.9 Å². The fourth-order valence-electron chi connectivity index (χ4n) is 2.84. The molecule has 1 aliphatic rings. The van der Waals surface area contributed by atoms with E-state index < -0.39 is 0 Å². The summed E-state index contributed by atoms with van der Waals surface area (Å²) in [6.45, 7) is 0. The SMILES string of the molecule is CNC(c1cncnc1)C1CCc2cccnc21. The van der Waals surface area contributed by atoms with Crippen LogP contribution >= 0.6 is 0 Å². The third kappa shape index (κ3) is 1.88. The molecular formula is C14H16N4. The highest BCUT2D eigenvalue weighted by Gasteiger charge is 2.31. The van der Waals surface area contributed by atoms with Crippen LogP contribution in [0, 0.1) is 0 Å². The molecule has 0 radical (unpaired) electrons. The second kappa shape index (κ2) is 4.82. The quantitative estimate of drug-likeness (QED) is 0.889. The van der Waals surface area contributed by atoms with Crippen molar-refractivity contribution >= 4 is 0 Å². The first-order chi connectivity index (χ1) is 8.90. The van der Waals surface area contributed by atoms with Crippen molar-refractivity contribution in [3.8, 4) is 0 Å². The monoisotopic (exact) mass is 240 g/mol. The van der Waals surface area contributed by atoms with Gasteiger partial charge in [0, 0.05) is 41.8 Å². The number of aryl methyl sites for hydroxylation is 1. The molecule has 0 bridgehead atoms. The van der Waals surface area contributed by atoms with Gasteiger partial charge < -0.3 is 5.32 Å². The van der Waals surface area contributed by atoms with Crippen molar-refractivity contribution in [2.45, 2.75) is 24.8 Å². The van der Waals surface area contributed by atoms with Crippen LogP contribution in [0.4, 0.5) is 0 Å². The first-order valence-electron chi connectivity index (χ1n) is 6.26. The number of hydrogen-bond donors (Lipinski definition) is 1. The summed E-state index contributed by atoms with van der Waals surface area (Å²) in [6.07, 6.45) is 9.46. The first-order valence-corrected chi connectivity index (χ1v) is 6.26. The van der Waals surface area contributed by atoms with Crippen LogP contribution in [0.2, 0.25) is 0 Å². The van der Waals surface area contributed by atoms with E-state index in [9.17, 15) is 0 Å². The smallest absolute Gasteiger partial charge is 0.115 e. The van der Waals surface area contributed by atoms with E-state index in [1.54, 1.807) is 6.33 Å². The zero-order valence-corrected chi connectivity index (χ0v) is 10.4. The number of fused-ring (bicyclic) bond motifs is 1. The van der Waals surface area contributed by atoms with E-state index in [0.29, 0.717) is 5.92 Å². The van der Waals surface area contributed by atoms with Crippen molar-refractivity contribution in [1.82, 2.24) is 20.3 Å². The van der Waals surface area contributed by atoms with Crippen LogP contribution in [-0.2, 0) is 6.42 Å². The highest BCUT2D eigenvalue weighted by molar-refractivity contribution is 5.32. The summed E-state index contributed by atoms with van der Waals surface area (Å²) in [4.78, 5) is 12.8. The molecule has 2 aromatic heterocycles. The second-order valence-corrected chi connectivity index (χ2v) is 4.63. The molecule has 0 fully saturated rings. The first kappa shape index (κ1) is 11.3. The van der Waals surface area contributed by atoms with Crippen LogP contribution in [-0.4, -0.2) is 22.0 Å². The van der Waals surface area contributed by atoms with Crippen molar-refractivity contribution < 1.29 is 0 Å². The molecule has 2 heterocycles. The minimum Gasteiger partial charge on any atom is -0.312 e. The molecule has 1 N–H and O–H groups in total. The maximum atomic E-state index is 4.55. The van der Waals surface area contributed by atoms with Gasteiger partial charge in [0.1, 0.15) is 6.33 Å². The van der Waals surface area contributed by atoms with E-state index in [1.807, 2.05) is 31.7 Å². The Hall–Kier alpha value is -1.81. The molecule has 3 rings (SSSR count). The molecular weight excluding hydrogens is 224 g/mol. The van der Waals surface area contributed by atoms with Gasteiger partial charge in [-0.05, 0) is 31.5 Å². The molecule has 4 nitrogen and oxygen atoms in total. The molecule has 92 valence electrons. The summed E-state index contributed by atoms with van der Waals surface area (Å²) in [7, 11) is 1.98. The lowest BCUT2D eigenvalue weighted by Gasteiger charge is -2.23. The Bertz CT molecular complexity index is 526. The molecule has 4 heteroatoms. The lowest BCUT2D eigenvalue weighted by molar-refractivity contribution is 0.467. The molecule has 0 saturated carbocycles. The number of likely N-dealkylation sites (N-methyl/N-ethyl adjacent to an activating group) is 1. The lowest BCUT2D eigenvalue weighted by atomic mass is 9.92. The van der Waals surface area contributed by atoms with Crippen molar-refractivity contribution in [1.29, 1.82) is 0 Å². The Labute approximate surface area is 107 Å². The Kier molecular flexibility index (Phi) is 3.02. The number of hydrogen-bond acceptors (Lipinski definition) is 4. The molecule has 2 atom stereocenters. The van der Waals surface area contributed by atoms with Crippen molar-refractivity contribution in [2.75, 3.05) is 7.05 Å². The van der Waals surface area contributed by atoms with E-state index >= 15 is 0 Å². The highest BCUT2D eigenvalue weighted by atomic mass is 14.9. The van der Waals surface area contributed by atoms with E-state index in [1.165, 1.54) is 11.3 Å². The van der Waals surface area contributed by atoms with Crippen molar-refractivity contribution in [2.24, 2.45) is 0 Å². The Morgan fingerprint density at radius 2 is 2.17 bits per heavy atom. The van der Waals surface area contributed by atoms with Crippen LogP contribution in [0.3, 0.4) is 0 Å². The fraction of sp³-hybridized carbons (Fsp3) is 0.357. The second-order valence-electron chi connectivity index (χ2n) is 4.63. The average molecular weight is 240 g/mol. The van der Waals surface area contributed by atoms with Crippen LogP contribution in [0.1, 0.15) is 35.2 Å². The van der Waals surface area contributed by atoms with Gasteiger partial charge in [0.15, 0.2) is 0 Å². The standard InChI is InChI=1S/C14H16N4/c1-15-13(11-7-16-9-17-8-11)12-5-4-10-3-2-6-18-14(10)12/h2-3,6-9,12-13,15H,4-5H2,1H3. The molecule has 2 unspecified atom stereocenters. The van der Waals surface area contributed by atoms with Crippen LogP contribution in [0.25, 0.3) is 0 Å². The summed E-state index contributed by atoms with van der Waals surface area (Å²) in [5, 5.41) is 3.38. The Morgan fingerprint density at radius 3 is 2.94 bits per heavy atom. The zero-order chi connectivity index (χ0) is 12.4. The topological polar surface area (TPSA) is 50.7 Å². The molecule has 2 aromatic rings. The van der Waals surface area contributed by atoms with Gasteiger partial charge in [-0.1, -0.05) is 6.07 Å². The molecule has 0 aromatic carbocycles. The minimum absolute atomic E-state index is 0.238. The molecule has 0 spiro atoms. The Balaban J connectivity index is 1.95. The molecule has 18 heavy (non-hydrogen) atoms. The number of rotatable bonds is 3. The number of nitrogens with one attached hydrogen (secondary N) is 1. The van der Waals surface area contributed by atoms with Gasteiger partial charge in [-0.25, -0.2) is 9.97 Å². The summed E-state index contributed by atoms with van der Waals surface area (Å²) >= 11 is 0. The maximum Gasteiger partial charge on any atom is 0.115 e. The minimum atomic E-state index is 0.238. The third-order valence-electron chi connectivity index (χ3n) is 3.66. The van der Waals surface area contributed by atoms with Gasteiger partial charge in [0.05, 0.1) is 0 Å². The normalized spacial score (nSPS) is 19.5. The molecule has 1 aliphatic carbocycles. The van der Waals surface area contributed by atoms with Gasteiger partial charge in [-0.15, -0.1) is 0 Å². The number of pyridine rings is 1. The summed E-state index contributed by atoms with van der Waals surface area (Å²) in [5.41, 5.74) is 3.73. The zero-order valence-electron chi connectivity index (χ0n) is 10.4. The van der Waals surface area contributed by atoms with E-state index in [2.05, 4.69) is 26.3 Å². The fourth-order valence-corrected chi connectivity index (χ4v) is 2.84.